The highest BCUT2D eigenvalue weighted by Gasteiger charge is 2.30. The molecule has 0 spiro atoms. The highest BCUT2D eigenvalue weighted by atomic mass is 19.4. The number of aromatic nitrogens is 1. The molecule has 0 bridgehead atoms. The molecular formula is C16H16F3N3O. The molecule has 0 amide bonds. The van der Waals surface area contributed by atoms with Gasteiger partial charge in [-0.25, -0.2) is 4.98 Å². The summed E-state index contributed by atoms with van der Waals surface area (Å²) in [5, 5.41) is 4.21. The number of hydrogen-bond acceptors (Lipinski definition) is 4. The fraction of sp³-hybridized carbons (Fsp3) is 0.250. The van der Waals surface area contributed by atoms with Crippen molar-refractivity contribution in [3.8, 4) is 5.75 Å². The Bertz CT molecular complexity index is 664. The SMILES string of the molecule is CC/C(=N/Nc1ccc(C(F)(F)F)cn1)c1ccc(OC)cc1. The number of hydrazone groups is 1. The van der Waals surface area contributed by atoms with Crippen molar-refractivity contribution in [3.05, 3.63) is 53.7 Å². The second-order valence-corrected chi connectivity index (χ2v) is 4.68. The molecule has 2 aromatic rings. The Morgan fingerprint density at radius 2 is 1.87 bits per heavy atom. The molecule has 0 saturated carbocycles. The zero-order valence-electron chi connectivity index (χ0n) is 12.7. The van der Waals surface area contributed by atoms with E-state index in [-0.39, 0.29) is 5.82 Å². The molecule has 0 unspecified atom stereocenters. The zero-order chi connectivity index (χ0) is 16.9. The summed E-state index contributed by atoms with van der Waals surface area (Å²) in [6, 6.07) is 9.57. The predicted molar refractivity (Wildman–Crippen MR) is 82.7 cm³/mol. The minimum atomic E-state index is -4.40. The summed E-state index contributed by atoms with van der Waals surface area (Å²) >= 11 is 0. The number of nitrogens with zero attached hydrogens (tertiary/aromatic N) is 2. The summed E-state index contributed by atoms with van der Waals surface area (Å²) < 4.78 is 42.5. The topological polar surface area (TPSA) is 46.5 Å². The van der Waals surface area contributed by atoms with Gasteiger partial charge in [-0.05, 0) is 48.4 Å². The Morgan fingerprint density at radius 3 is 2.35 bits per heavy atom. The first-order valence-electron chi connectivity index (χ1n) is 6.94. The molecule has 7 heteroatoms. The van der Waals surface area contributed by atoms with Crippen LogP contribution < -0.4 is 10.2 Å². The third-order valence-corrected chi connectivity index (χ3v) is 3.15. The number of anilines is 1. The fourth-order valence-corrected chi connectivity index (χ4v) is 1.88. The first kappa shape index (κ1) is 16.8. The van der Waals surface area contributed by atoms with Gasteiger partial charge in [-0.15, -0.1) is 0 Å². The molecule has 122 valence electrons. The van der Waals surface area contributed by atoms with Gasteiger partial charge >= 0.3 is 6.18 Å². The van der Waals surface area contributed by atoms with Gasteiger partial charge in [-0.2, -0.15) is 18.3 Å². The van der Waals surface area contributed by atoms with Crippen molar-refractivity contribution in [3.63, 3.8) is 0 Å². The highest BCUT2D eigenvalue weighted by molar-refractivity contribution is 6.00. The minimum Gasteiger partial charge on any atom is -0.497 e. The average molecular weight is 323 g/mol. The Morgan fingerprint density at radius 1 is 1.17 bits per heavy atom. The molecule has 1 aromatic heterocycles. The standard InChI is InChI=1S/C16H16F3N3O/c1-3-14(11-4-7-13(23-2)8-5-11)21-22-15-9-6-12(10-20-15)16(17,18)19/h4-10H,3H2,1-2H3,(H,20,22)/b21-14-. The van der Waals surface area contributed by atoms with Crippen molar-refractivity contribution < 1.29 is 17.9 Å². The van der Waals surface area contributed by atoms with Crippen LogP contribution in [0.4, 0.5) is 19.0 Å². The van der Waals surface area contributed by atoms with Gasteiger partial charge in [0.1, 0.15) is 11.6 Å². The van der Waals surface area contributed by atoms with Crippen molar-refractivity contribution in [2.45, 2.75) is 19.5 Å². The van der Waals surface area contributed by atoms with Crippen LogP contribution in [0.15, 0.2) is 47.7 Å². The van der Waals surface area contributed by atoms with E-state index in [0.29, 0.717) is 6.42 Å². The third kappa shape index (κ3) is 4.45. The van der Waals surface area contributed by atoms with Crippen molar-refractivity contribution in [2.24, 2.45) is 5.10 Å². The molecule has 0 aliphatic rings. The molecule has 2 rings (SSSR count). The van der Waals surface area contributed by atoms with Crippen LogP contribution in [0.3, 0.4) is 0 Å². The summed E-state index contributed by atoms with van der Waals surface area (Å²) in [4.78, 5) is 3.71. The van der Waals surface area contributed by atoms with Gasteiger partial charge in [0.05, 0.1) is 18.4 Å². The van der Waals surface area contributed by atoms with Crippen LogP contribution in [-0.4, -0.2) is 17.8 Å². The summed E-state index contributed by atoms with van der Waals surface area (Å²) in [7, 11) is 1.58. The molecule has 0 fully saturated rings. The molecule has 0 saturated heterocycles. The van der Waals surface area contributed by atoms with E-state index < -0.39 is 11.7 Å². The van der Waals surface area contributed by atoms with Gasteiger partial charge in [-0.3, -0.25) is 5.43 Å². The van der Waals surface area contributed by atoms with E-state index in [1.54, 1.807) is 7.11 Å². The number of alkyl halides is 3. The van der Waals surface area contributed by atoms with Crippen LogP contribution in [0.2, 0.25) is 0 Å². The number of pyridine rings is 1. The molecule has 0 aliphatic heterocycles. The van der Waals surface area contributed by atoms with E-state index >= 15 is 0 Å². The number of ether oxygens (including phenoxy) is 1. The first-order chi connectivity index (χ1) is 10.9. The Hall–Kier alpha value is -2.57. The van der Waals surface area contributed by atoms with Crippen LogP contribution in [0.1, 0.15) is 24.5 Å². The highest BCUT2D eigenvalue weighted by Crippen LogP contribution is 2.28. The lowest BCUT2D eigenvalue weighted by Gasteiger charge is -2.08. The molecule has 0 aliphatic carbocycles. The van der Waals surface area contributed by atoms with Gasteiger partial charge in [0, 0.05) is 6.20 Å². The average Bonchev–Trinajstić information content (AvgIpc) is 2.55. The normalized spacial score (nSPS) is 12.1. The Labute approximate surface area is 132 Å². The Kier molecular flexibility index (Phi) is 5.20. The van der Waals surface area contributed by atoms with E-state index in [9.17, 15) is 13.2 Å². The van der Waals surface area contributed by atoms with Crippen LogP contribution in [0.5, 0.6) is 5.75 Å². The summed E-state index contributed by atoms with van der Waals surface area (Å²) in [6.45, 7) is 1.94. The smallest absolute Gasteiger partial charge is 0.417 e. The fourth-order valence-electron chi connectivity index (χ4n) is 1.88. The zero-order valence-corrected chi connectivity index (χ0v) is 12.7. The number of hydrogen-bond donors (Lipinski definition) is 1. The monoisotopic (exact) mass is 323 g/mol. The molecular weight excluding hydrogens is 307 g/mol. The summed E-state index contributed by atoms with van der Waals surface area (Å²) in [6.07, 6.45) is -2.97. The maximum atomic E-state index is 12.5. The molecule has 0 radical (unpaired) electrons. The number of rotatable bonds is 5. The number of benzene rings is 1. The first-order valence-corrected chi connectivity index (χ1v) is 6.94. The summed E-state index contributed by atoms with van der Waals surface area (Å²) in [5.41, 5.74) is 3.54. The number of halogens is 3. The van der Waals surface area contributed by atoms with E-state index in [2.05, 4.69) is 15.5 Å². The van der Waals surface area contributed by atoms with Crippen LogP contribution >= 0.6 is 0 Å². The molecule has 23 heavy (non-hydrogen) atoms. The van der Waals surface area contributed by atoms with Gasteiger partial charge in [0.25, 0.3) is 0 Å². The van der Waals surface area contributed by atoms with E-state index in [4.69, 9.17) is 4.74 Å². The van der Waals surface area contributed by atoms with Gasteiger partial charge in [-0.1, -0.05) is 6.92 Å². The maximum absolute atomic E-state index is 12.5. The second-order valence-electron chi connectivity index (χ2n) is 4.68. The Balaban J connectivity index is 2.12. The van der Waals surface area contributed by atoms with E-state index in [1.165, 1.54) is 6.07 Å². The lowest BCUT2D eigenvalue weighted by atomic mass is 10.1. The van der Waals surface area contributed by atoms with Crippen molar-refractivity contribution in [1.82, 2.24) is 4.98 Å². The molecule has 1 aromatic carbocycles. The van der Waals surface area contributed by atoms with Crippen molar-refractivity contribution in [2.75, 3.05) is 12.5 Å². The number of methoxy groups -OCH3 is 1. The quantitative estimate of drug-likeness (QED) is 0.658. The van der Waals surface area contributed by atoms with Crippen molar-refractivity contribution in [1.29, 1.82) is 0 Å². The largest absolute Gasteiger partial charge is 0.497 e. The van der Waals surface area contributed by atoms with Gasteiger partial charge in [0.2, 0.25) is 0 Å². The molecule has 4 nitrogen and oxygen atoms in total. The maximum Gasteiger partial charge on any atom is 0.417 e. The minimum absolute atomic E-state index is 0.248. The second kappa shape index (κ2) is 7.13. The van der Waals surface area contributed by atoms with E-state index in [1.807, 2.05) is 31.2 Å². The van der Waals surface area contributed by atoms with E-state index in [0.717, 1.165) is 29.3 Å². The summed E-state index contributed by atoms with van der Waals surface area (Å²) in [5.74, 6) is 0.985. The van der Waals surface area contributed by atoms with Gasteiger partial charge in [0.15, 0.2) is 0 Å². The predicted octanol–water partition coefficient (Wildman–Crippen LogP) is 4.34. The molecule has 0 atom stereocenters. The third-order valence-electron chi connectivity index (χ3n) is 3.15. The lowest BCUT2D eigenvalue weighted by molar-refractivity contribution is -0.137. The van der Waals surface area contributed by atoms with Crippen molar-refractivity contribution >= 4 is 11.5 Å². The van der Waals surface area contributed by atoms with Gasteiger partial charge < -0.3 is 4.74 Å². The number of nitrogens with one attached hydrogen (secondary N) is 1. The molecule has 1 N–H and O–H groups in total. The van der Waals surface area contributed by atoms with Crippen LogP contribution in [0, 0.1) is 0 Å². The van der Waals surface area contributed by atoms with Crippen LogP contribution in [0.25, 0.3) is 0 Å². The lowest BCUT2D eigenvalue weighted by Crippen LogP contribution is -2.07. The van der Waals surface area contributed by atoms with Crippen LogP contribution in [-0.2, 0) is 6.18 Å². The molecule has 1 heterocycles.